The quantitative estimate of drug-likeness (QED) is 0.501. The molecule has 0 radical (unpaired) electrons. The Balaban J connectivity index is 2.81. The Hall–Kier alpha value is -1.82. The number of nitrogens with two attached hydrogens (primary N) is 2. The predicted molar refractivity (Wildman–Crippen MR) is 60.1 cm³/mol. The fraction of sp³-hybridized carbons (Fsp3) is 0.333. The van der Waals surface area contributed by atoms with Crippen molar-refractivity contribution < 1.29 is 0 Å². The van der Waals surface area contributed by atoms with Crippen molar-refractivity contribution in [3.63, 3.8) is 0 Å². The van der Waals surface area contributed by atoms with Gasteiger partial charge >= 0.3 is 0 Å². The van der Waals surface area contributed by atoms with Gasteiger partial charge in [-0.2, -0.15) is 0 Å². The highest BCUT2D eigenvalue weighted by Crippen LogP contribution is 2.29. The number of nitrogens with zero attached hydrogens (tertiary/aromatic N) is 3. The number of nitrogen functional groups attached to an aromatic ring is 2. The maximum atomic E-state index is 5.79. The topological polar surface area (TPSA) is 94.8 Å². The third-order valence-corrected chi connectivity index (χ3v) is 2.35. The van der Waals surface area contributed by atoms with Gasteiger partial charge in [-0.1, -0.05) is 0 Å². The average molecular weight is 206 g/mol. The van der Waals surface area contributed by atoms with Gasteiger partial charge in [0, 0.05) is 12.2 Å². The smallest absolute Gasteiger partial charge is 0.147 e. The van der Waals surface area contributed by atoms with Gasteiger partial charge in [-0.3, -0.25) is 5.84 Å². The lowest BCUT2D eigenvalue weighted by molar-refractivity contribution is 0.618. The summed E-state index contributed by atoms with van der Waals surface area (Å²) in [5.74, 6) is 5.86. The third-order valence-electron chi connectivity index (χ3n) is 2.35. The van der Waals surface area contributed by atoms with Crippen LogP contribution in [0.4, 0.5) is 11.5 Å². The van der Waals surface area contributed by atoms with Crippen LogP contribution in [-0.4, -0.2) is 14.5 Å². The van der Waals surface area contributed by atoms with E-state index < -0.39 is 0 Å². The van der Waals surface area contributed by atoms with Gasteiger partial charge in [0.15, 0.2) is 0 Å². The van der Waals surface area contributed by atoms with Gasteiger partial charge in [0.05, 0.1) is 11.1 Å². The highest BCUT2D eigenvalue weighted by atomic mass is 15.2. The summed E-state index contributed by atoms with van der Waals surface area (Å²) < 4.78 is 2.00. The number of fused-ring (bicyclic) bond motifs is 1. The second-order valence-electron chi connectivity index (χ2n) is 3.65. The molecule has 0 unspecified atom stereocenters. The number of rotatable bonds is 2. The van der Waals surface area contributed by atoms with Crippen molar-refractivity contribution in [1.29, 1.82) is 0 Å². The van der Waals surface area contributed by atoms with E-state index in [1.54, 1.807) is 0 Å². The zero-order chi connectivity index (χ0) is 11.0. The minimum atomic E-state index is 0.295. The first-order chi connectivity index (χ1) is 7.15. The van der Waals surface area contributed by atoms with Crippen LogP contribution in [-0.2, 0) is 0 Å². The highest BCUT2D eigenvalue weighted by Gasteiger charge is 2.13. The minimum absolute atomic E-state index is 0.295. The summed E-state index contributed by atoms with van der Waals surface area (Å²) in [7, 11) is 0. The molecule has 5 N–H and O–H groups in total. The van der Waals surface area contributed by atoms with Gasteiger partial charge in [0.25, 0.3) is 0 Å². The number of hydrogen-bond donors (Lipinski definition) is 3. The summed E-state index contributed by atoms with van der Waals surface area (Å²) in [5, 5.41) is 0.772. The van der Waals surface area contributed by atoms with Crippen molar-refractivity contribution in [3.8, 4) is 0 Å². The molecule has 6 heteroatoms. The summed E-state index contributed by atoms with van der Waals surface area (Å²) in [6.07, 6.45) is 3.34. The molecule has 6 nitrogen and oxygen atoms in total. The van der Waals surface area contributed by atoms with Crippen molar-refractivity contribution in [2.45, 2.75) is 19.9 Å². The molecule has 0 bridgehead atoms. The SMILES string of the molecule is CC(C)n1cc(NN)c2c(N)ncnc21. The van der Waals surface area contributed by atoms with Crippen LogP contribution in [0, 0.1) is 0 Å². The number of hydrazine groups is 1. The number of anilines is 2. The van der Waals surface area contributed by atoms with E-state index in [1.807, 2.05) is 10.8 Å². The number of hydrogen-bond acceptors (Lipinski definition) is 5. The van der Waals surface area contributed by atoms with E-state index in [2.05, 4.69) is 29.2 Å². The fourth-order valence-electron chi connectivity index (χ4n) is 1.61. The van der Waals surface area contributed by atoms with Crippen LogP contribution in [0.25, 0.3) is 11.0 Å². The maximum absolute atomic E-state index is 5.79. The summed E-state index contributed by atoms with van der Waals surface area (Å²) >= 11 is 0. The lowest BCUT2D eigenvalue weighted by atomic mass is 10.3. The Morgan fingerprint density at radius 1 is 1.40 bits per heavy atom. The lowest BCUT2D eigenvalue weighted by Gasteiger charge is -2.07. The summed E-state index contributed by atoms with van der Waals surface area (Å²) in [5.41, 5.74) is 9.94. The van der Waals surface area contributed by atoms with Crippen molar-refractivity contribution in [2.75, 3.05) is 11.2 Å². The Morgan fingerprint density at radius 3 is 2.73 bits per heavy atom. The van der Waals surface area contributed by atoms with E-state index in [-0.39, 0.29) is 0 Å². The Bertz CT molecular complexity index is 487. The van der Waals surface area contributed by atoms with Crippen molar-refractivity contribution in [1.82, 2.24) is 14.5 Å². The van der Waals surface area contributed by atoms with Crippen molar-refractivity contribution in [2.24, 2.45) is 5.84 Å². The number of aromatic nitrogens is 3. The molecule has 0 aliphatic heterocycles. The molecule has 0 spiro atoms. The van der Waals surface area contributed by atoms with Crippen LogP contribution in [0.15, 0.2) is 12.5 Å². The molecular weight excluding hydrogens is 192 g/mol. The molecule has 0 saturated heterocycles. The Morgan fingerprint density at radius 2 is 2.13 bits per heavy atom. The summed E-state index contributed by atoms with van der Waals surface area (Å²) in [4.78, 5) is 8.15. The molecule has 2 aromatic heterocycles. The monoisotopic (exact) mass is 206 g/mol. The molecule has 0 saturated carbocycles. The zero-order valence-corrected chi connectivity index (χ0v) is 8.73. The first-order valence-electron chi connectivity index (χ1n) is 4.72. The first-order valence-corrected chi connectivity index (χ1v) is 4.72. The largest absolute Gasteiger partial charge is 0.383 e. The molecule has 0 fully saturated rings. The van der Waals surface area contributed by atoms with Crippen molar-refractivity contribution >= 4 is 22.5 Å². The second kappa shape index (κ2) is 3.39. The molecular formula is C9H14N6. The van der Waals surface area contributed by atoms with E-state index in [0.717, 1.165) is 16.7 Å². The van der Waals surface area contributed by atoms with Crippen LogP contribution in [0.5, 0.6) is 0 Å². The van der Waals surface area contributed by atoms with Crippen LogP contribution in [0.2, 0.25) is 0 Å². The summed E-state index contributed by atoms with van der Waals surface area (Å²) in [6, 6.07) is 0.295. The van der Waals surface area contributed by atoms with Crippen molar-refractivity contribution in [3.05, 3.63) is 12.5 Å². The van der Waals surface area contributed by atoms with Crippen LogP contribution < -0.4 is 17.0 Å². The van der Waals surface area contributed by atoms with E-state index in [1.165, 1.54) is 6.33 Å². The molecule has 0 amide bonds. The molecule has 15 heavy (non-hydrogen) atoms. The van der Waals surface area contributed by atoms with Gasteiger partial charge in [-0.15, -0.1) is 0 Å². The van der Waals surface area contributed by atoms with E-state index >= 15 is 0 Å². The van der Waals surface area contributed by atoms with Gasteiger partial charge in [-0.05, 0) is 13.8 Å². The Labute approximate surface area is 87.3 Å². The van der Waals surface area contributed by atoms with E-state index in [4.69, 9.17) is 11.6 Å². The molecule has 0 aromatic carbocycles. The van der Waals surface area contributed by atoms with Gasteiger partial charge in [0.1, 0.15) is 17.8 Å². The molecule has 2 heterocycles. The lowest BCUT2D eigenvalue weighted by Crippen LogP contribution is -2.06. The van der Waals surface area contributed by atoms with Crippen LogP contribution in [0.3, 0.4) is 0 Å². The highest BCUT2D eigenvalue weighted by molar-refractivity contribution is 5.98. The zero-order valence-electron chi connectivity index (χ0n) is 8.73. The molecule has 0 aliphatic rings. The standard InChI is InChI=1S/C9H14N6/c1-5(2)15-3-6(14-11)7-8(10)12-4-13-9(7)15/h3-5,14H,11H2,1-2H3,(H2,10,12,13). The predicted octanol–water partition coefficient (Wildman–Crippen LogP) is 0.880. The summed E-state index contributed by atoms with van der Waals surface area (Å²) in [6.45, 7) is 4.13. The van der Waals surface area contributed by atoms with Gasteiger partial charge in [0.2, 0.25) is 0 Å². The van der Waals surface area contributed by atoms with Crippen LogP contribution >= 0.6 is 0 Å². The Kier molecular flexibility index (Phi) is 2.20. The molecule has 0 aliphatic carbocycles. The third kappa shape index (κ3) is 1.39. The fourth-order valence-corrected chi connectivity index (χ4v) is 1.61. The van der Waals surface area contributed by atoms with E-state index in [9.17, 15) is 0 Å². The molecule has 2 rings (SSSR count). The molecule has 0 atom stereocenters. The first kappa shape index (κ1) is 9.72. The normalized spacial score (nSPS) is 11.2. The van der Waals surface area contributed by atoms with Gasteiger partial charge < -0.3 is 15.7 Å². The van der Waals surface area contributed by atoms with E-state index in [0.29, 0.717) is 11.9 Å². The minimum Gasteiger partial charge on any atom is -0.383 e. The maximum Gasteiger partial charge on any atom is 0.147 e. The molecule has 80 valence electrons. The average Bonchev–Trinajstić information content (AvgIpc) is 2.58. The second-order valence-corrected chi connectivity index (χ2v) is 3.65. The van der Waals surface area contributed by atoms with Crippen LogP contribution in [0.1, 0.15) is 19.9 Å². The van der Waals surface area contributed by atoms with Gasteiger partial charge in [-0.25, -0.2) is 9.97 Å². The molecule has 2 aromatic rings. The number of nitrogens with one attached hydrogen (secondary N) is 1.